The second-order valence-corrected chi connectivity index (χ2v) is 36.0. The first kappa shape index (κ1) is 72.4. The smallest absolute Gasteiger partial charge is 0.101 e. The van der Waals surface area contributed by atoms with E-state index >= 15 is 0 Å². The lowest BCUT2D eigenvalue weighted by Crippen LogP contribution is -2.33. The number of anilines is 8. The summed E-state index contributed by atoms with van der Waals surface area (Å²) in [7, 11) is 0. The molecule has 6 nitrogen and oxygen atoms in total. The predicted octanol–water partition coefficient (Wildman–Crippen LogP) is 29.6. The molecule has 0 aliphatic heterocycles. The van der Waals surface area contributed by atoms with E-state index in [4.69, 9.17) is 0 Å². The molecule has 0 fully saturated rings. The van der Waals surface area contributed by atoms with Crippen molar-refractivity contribution in [1.29, 1.82) is 0 Å². The number of rotatable bonds is 24. The highest BCUT2D eigenvalue weighted by Crippen LogP contribution is 2.63. The van der Waals surface area contributed by atoms with Gasteiger partial charge in [-0.25, -0.2) is 0 Å². The Kier molecular flexibility index (Phi) is 20.1. The number of benzene rings is 8. The fraction of sp³-hybridized carbons (Fsp3) is 0.0980. The Morgan fingerprint density at radius 1 is 0.202 bits per heavy atom. The molecular formula is C102H82N6S6. The number of para-hydroxylation sites is 2. The van der Waals surface area contributed by atoms with Crippen molar-refractivity contribution in [2.45, 2.75) is 59.8 Å². The van der Waals surface area contributed by atoms with E-state index in [1.807, 2.05) is 68.0 Å². The van der Waals surface area contributed by atoms with Crippen molar-refractivity contribution in [3.8, 4) is 62.6 Å². The van der Waals surface area contributed by atoms with Crippen LogP contribution in [0.1, 0.15) is 59.9 Å². The highest BCUT2D eigenvalue weighted by atomic mass is 32.1. The van der Waals surface area contributed by atoms with Crippen molar-refractivity contribution in [3.63, 3.8) is 0 Å². The average Bonchev–Trinajstić information content (AvgIpc) is 1.45. The van der Waals surface area contributed by atoms with E-state index in [1.165, 1.54) is 27.8 Å². The van der Waals surface area contributed by atoms with Gasteiger partial charge in [0, 0.05) is 74.0 Å². The lowest BCUT2D eigenvalue weighted by molar-refractivity contribution is 0.620. The van der Waals surface area contributed by atoms with Crippen molar-refractivity contribution in [2.75, 3.05) is 31.5 Å². The Balaban J connectivity index is 0.932. The van der Waals surface area contributed by atoms with E-state index in [-0.39, 0.29) is 0 Å². The van der Waals surface area contributed by atoms with E-state index in [9.17, 15) is 0 Å². The molecule has 114 heavy (non-hydrogen) atoms. The van der Waals surface area contributed by atoms with Gasteiger partial charge < -0.3 is 31.5 Å². The minimum atomic E-state index is -0.508. The largest absolute Gasteiger partial charge is 0.364 e. The molecular weight excluding hydrogens is 1500 g/mol. The van der Waals surface area contributed by atoms with Crippen molar-refractivity contribution >= 4 is 109 Å². The first-order valence-corrected chi connectivity index (χ1v) is 43.9. The lowest BCUT2D eigenvalue weighted by Gasteiger charge is -2.34. The predicted molar refractivity (Wildman–Crippen MR) is 494 cm³/mol. The average molecular weight is 1580 g/mol. The van der Waals surface area contributed by atoms with Crippen LogP contribution >= 0.6 is 68.0 Å². The summed E-state index contributed by atoms with van der Waals surface area (Å²) in [5.74, 6) is 0. The van der Waals surface area contributed by atoms with Crippen LogP contribution in [-0.2, 0) is 27.7 Å². The standard InChI is InChI=1S/C102H82N6S6/c1-13-37-73(38-14-1)98(63-27-8-28-64-98)103-86-57-51-80(109-86)92-93(81-52-58-87(110-81)104-99(65-29-9-30-66-99)74-39-15-2-16-40-74)95(83-54-60-89(112-83)106-101(69-33-11-34-70-101)76-43-19-4-20-44-76)97(85-56-62-91(114-85)108(78-47-23-6-24-48-78)79-49-25-7-26-50-79)96(84-55-61-90(113-84)107-102(71-35-12-36-72-102)77-45-21-5-22-46-77)94(92)82-53-59-88(111-82)105-100(67-31-10-32-68-100)75-41-17-3-18-42-75/h1-63,65,67,69,71,103-107H,64,66,68,70,72H2. The normalized spacial score (nSPS) is 20.5. The van der Waals surface area contributed by atoms with Gasteiger partial charge in [-0.2, -0.15) is 0 Å². The molecule has 5 N–H and O–H groups in total. The molecule has 5 unspecified atom stereocenters. The van der Waals surface area contributed by atoms with Gasteiger partial charge in [-0.15, -0.1) is 68.0 Å². The van der Waals surface area contributed by atoms with E-state index in [2.05, 4.69) is 438 Å². The van der Waals surface area contributed by atoms with Crippen LogP contribution in [0.3, 0.4) is 0 Å². The van der Waals surface area contributed by atoms with Crippen molar-refractivity contribution in [3.05, 3.63) is 434 Å². The Labute approximate surface area is 692 Å². The van der Waals surface area contributed by atoms with Gasteiger partial charge in [0.25, 0.3) is 0 Å². The van der Waals surface area contributed by atoms with Crippen molar-refractivity contribution in [1.82, 2.24) is 0 Å². The fourth-order valence-electron chi connectivity index (χ4n) is 16.8. The molecule has 5 aliphatic rings. The van der Waals surface area contributed by atoms with Crippen LogP contribution in [0.15, 0.2) is 407 Å². The van der Waals surface area contributed by atoms with Crippen LogP contribution in [0.2, 0.25) is 0 Å². The molecule has 6 heterocycles. The molecule has 0 saturated carbocycles. The molecule has 8 aromatic carbocycles. The van der Waals surface area contributed by atoms with Gasteiger partial charge in [0.1, 0.15) is 5.00 Å². The van der Waals surface area contributed by atoms with E-state index in [0.717, 1.165) is 136 Å². The SMILES string of the molecule is C1=CCC(Nc2ccc(-c3c(-c4ccc(NC5(c6ccccc6)C=CC=CC5)s4)c(-c4ccc(NC5(c6ccccc6)C=CC=CC5)s4)c(-c4ccc(N(c5ccccc5)c5ccccc5)s4)c(-c4ccc(NC5(c6ccccc6)C=CC=CC5)s4)c3-c3ccc(NC4(c5ccccc5)C=CC=CC4)s3)s2)(c2ccccc2)C=C1. The second-order valence-electron chi connectivity index (χ2n) is 29.5. The topological polar surface area (TPSA) is 63.4 Å². The summed E-state index contributed by atoms with van der Waals surface area (Å²) in [6.45, 7) is 0. The molecule has 0 saturated heterocycles. The van der Waals surface area contributed by atoms with Gasteiger partial charge in [-0.05, 0) is 157 Å². The summed E-state index contributed by atoms with van der Waals surface area (Å²) < 4.78 is 0. The Bertz CT molecular complexity index is 5800. The minimum Gasteiger partial charge on any atom is -0.364 e. The number of thiophene rings is 6. The molecule has 0 amide bonds. The Hall–Kier alpha value is -11.8. The zero-order valence-corrected chi connectivity index (χ0v) is 67.5. The van der Waals surface area contributed by atoms with Crippen LogP contribution in [0.5, 0.6) is 0 Å². The summed E-state index contributed by atoms with van der Waals surface area (Å²) in [5, 5.41) is 27.7. The summed E-state index contributed by atoms with van der Waals surface area (Å²) in [6.07, 6.45) is 49.0. The number of hydrogen-bond acceptors (Lipinski definition) is 12. The van der Waals surface area contributed by atoms with Crippen LogP contribution in [-0.4, -0.2) is 0 Å². The van der Waals surface area contributed by atoms with Crippen molar-refractivity contribution in [2.24, 2.45) is 0 Å². The first-order chi connectivity index (χ1) is 56.3. The van der Waals surface area contributed by atoms with E-state index < -0.39 is 27.7 Å². The second kappa shape index (κ2) is 31.6. The number of nitrogens with zero attached hydrogens (tertiary/aromatic N) is 1. The zero-order valence-electron chi connectivity index (χ0n) is 62.6. The number of hydrogen-bond donors (Lipinski definition) is 5. The van der Waals surface area contributed by atoms with Gasteiger partial charge in [-0.1, -0.05) is 310 Å². The maximum atomic E-state index is 4.25. The van der Waals surface area contributed by atoms with Gasteiger partial charge in [0.05, 0.1) is 52.7 Å². The van der Waals surface area contributed by atoms with E-state index in [0.29, 0.717) is 0 Å². The summed E-state index contributed by atoms with van der Waals surface area (Å²) >= 11 is 11.1. The van der Waals surface area contributed by atoms with Crippen LogP contribution < -0.4 is 31.5 Å². The molecule has 0 spiro atoms. The third-order valence-corrected chi connectivity index (χ3v) is 28.5. The monoisotopic (exact) mass is 1580 g/mol. The molecule has 0 bridgehead atoms. The Morgan fingerprint density at radius 2 is 0.404 bits per heavy atom. The lowest BCUT2D eigenvalue weighted by atomic mass is 9.82. The maximum Gasteiger partial charge on any atom is 0.101 e. The third-order valence-electron chi connectivity index (χ3n) is 22.4. The number of nitrogens with one attached hydrogen (secondary N) is 5. The zero-order chi connectivity index (χ0) is 76.2. The van der Waals surface area contributed by atoms with Crippen LogP contribution in [0.25, 0.3) is 62.6 Å². The quantitative estimate of drug-likeness (QED) is 0.0416. The van der Waals surface area contributed by atoms with Gasteiger partial charge in [-0.3, -0.25) is 0 Å². The molecule has 14 aromatic rings. The first-order valence-electron chi connectivity index (χ1n) is 39.0. The van der Waals surface area contributed by atoms with Crippen LogP contribution in [0.4, 0.5) is 41.4 Å². The molecule has 5 atom stereocenters. The third kappa shape index (κ3) is 14.2. The van der Waals surface area contributed by atoms with Gasteiger partial charge >= 0.3 is 0 Å². The summed E-state index contributed by atoms with van der Waals surface area (Å²) in [5.41, 5.74) is 12.6. The molecule has 6 aromatic heterocycles. The van der Waals surface area contributed by atoms with Gasteiger partial charge in [0.15, 0.2) is 0 Å². The molecule has 556 valence electrons. The van der Waals surface area contributed by atoms with Crippen molar-refractivity contribution < 1.29 is 0 Å². The fourth-order valence-corrected chi connectivity index (χ4v) is 23.2. The summed E-state index contributed by atoms with van der Waals surface area (Å²) in [6, 6.07) is 105. The highest BCUT2D eigenvalue weighted by Gasteiger charge is 2.39. The van der Waals surface area contributed by atoms with Crippen LogP contribution in [0, 0.1) is 0 Å². The van der Waals surface area contributed by atoms with Gasteiger partial charge in [0.2, 0.25) is 0 Å². The molecule has 5 aliphatic carbocycles. The minimum absolute atomic E-state index is 0.507. The van der Waals surface area contributed by atoms with E-state index in [1.54, 1.807) is 0 Å². The summed E-state index contributed by atoms with van der Waals surface area (Å²) in [4.78, 5) is 9.27. The number of allylic oxidation sites excluding steroid dienone is 10. The Morgan fingerprint density at radius 3 is 0.614 bits per heavy atom. The molecule has 0 radical (unpaired) electrons. The molecule has 19 rings (SSSR count). The maximum absolute atomic E-state index is 4.25. The highest BCUT2D eigenvalue weighted by molar-refractivity contribution is 7.23. The molecule has 12 heteroatoms.